The third-order valence-corrected chi connectivity index (χ3v) is 16.9. The number of esters is 1. The van der Waals surface area contributed by atoms with Gasteiger partial charge in [0.05, 0.1) is 43.7 Å². The number of hydrogen-bond acceptors (Lipinski definition) is 5. The molecule has 0 spiro atoms. The van der Waals surface area contributed by atoms with E-state index in [9.17, 15) is 9.90 Å². The van der Waals surface area contributed by atoms with Crippen molar-refractivity contribution >= 4 is 53.8 Å². The standard InChI is InChI=1S/C43H49Cl2NO5Si/c1-42(2,3)52(34-15-8-6-9-16-34,35-17-10-7-11-18-35)51-28-38(29-19-20-29)46-39(30-21-23-32(44)24-22-30)36(31-13-12-14-33(45)25-31)26-43(4,41(46)49)37(27-47)40(48)50-5/h6-18,21-25,29,36-39,47H,19-20,26-28H2,1-5H3. The van der Waals surface area contributed by atoms with Gasteiger partial charge in [0.15, 0.2) is 0 Å². The second-order valence-corrected chi connectivity index (χ2v) is 20.8. The van der Waals surface area contributed by atoms with E-state index >= 15 is 4.79 Å². The van der Waals surface area contributed by atoms with Crippen LogP contribution in [-0.4, -0.2) is 56.6 Å². The minimum absolute atomic E-state index is 0.185. The highest BCUT2D eigenvalue weighted by Crippen LogP contribution is 2.55. The van der Waals surface area contributed by atoms with E-state index in [1.807, 2.05) is 72.5 Å². The number of carbonyl (C=O) groups excluding carboxylic acids is 2. The van der Waals surface area contributed by atoms with Gasteiger partial charge in [0.2, 0.25) is 5.91 Å². The van der Waals surface area contributed by atoms with Crippen LogP contribution in [0.4, 0.5) is 0 Å². The maximum absolute atomic E-state index is 15.5. The topological polar surface area (TPSA) is 76.1 Å². The Morgan fingerprint density at radius 2 is 1.48 bits per heavy atom. The molecule has 1 heterocycles. The van der Waals surface area contributed by atoms with Gasteiger partial charge < -0.3 is 19.2 Å². The number of piperidine rings is 1. The Morgan fingerprint density at radius 1 is 0.885 bits per heavy atom. The molecule has 1 aliphatic heterocycles. The van der Waals surface area contributed by atoms with Crippen LogP contribution in [0.15, 0.2) is 109 Å². The Morgan fingerprint density at radius 3 is 1.98 bits per heavy atom. The molecule has 52 heavy (non-hydrogen) atoms. The number of likely N-dealkylation sites (tertiary alicyclic amines) is 1. The molecule has 6 rings (SSSR count). The van der Waals surface area contributed by atoms with Crippen molar-refractivity contribution < 1.29 is 23.9 Å². The van der Waals surface area contributed by atoms with Crippen molar-refractivity contribution in [3.63, 3.8) is 0 Å². The Kier molecular flexibility index (Phi) is 11.4. The summed E-state index contributed by atoms with van der Waals surface area (Å²) in [5.74, 6) is -1.98. The number of aliphatic hydroxyl groups is 1. The molecule has 1 saturated carbocycles. The molecule has 1 amide bonds. The summed E-state index contributed by atoms with van der Waals surface area (Å²) in [4.78, 5) is 30.9. The van der Waals surface area contributed by atoms with Gasteiger partial charge in [-0.3, -0.25) is 9.59 Å². The van der Waals surface area contributed by atoms with E-state index in [-0.39, 0.29) is 28.8 Å². The highest BCUT2D eigenvalue weighted by Gasteiger charge is 2.59. The predicted octanol–water partition coefficient (Wildman–Crippen LogP) is 8.19. The number of amides is 1. The van der Waals surface area contributed by atoms with E-state index in [0.29, 0.717) is 23.1 Å². The average Bonchev–Trinajstić information content (AvgIpc) is 3.98. The molecule has 0 bridgehead atoms. The van der Waals surface area contributed by atoms with E-state index in [2.05, 4.69) is 69.3 Å². The van der Waals surface area contributed by atoms with Gasteiger partial charge in [-0.25, -0.2) is 0 Å². The highest BCUT2D eigenvalue weighted by atomic mass is 35.5. The number of carbonyl (C=O) groups is 2. The fraction of sp³-hybridized carbons (Fsp3) is 0.395. The molecule has 0 aromatic heterocycles. The number of methoxy groups -OCH3 is 1. The van der Waals surface area contributed by atoms with E-state index < -0.39 is 38.3 Å². The SMILES string of the molecule is COC(=O)C(CO)C1(C)CC(c2cccc(Cl)c2)C(c2ccc(Cl)cc2)N(C(CO[Si](c2ccccc2)(c2ccccc2)C(C)(C)C)C2CC2)C1=O. The zero-order chi connectivity index (χ0) is 37.3. The molecule has 0 radical (unpaired) electrons. The van der Waals surface area contributed by atoms with Crippen LogP contribution in [0.2, 0.25) is 15.1 Å². The lowest BCUT2D eigenvalue weighted by Crippen LogP contribution is -2.68. The molecular formula is C43H49Cl2NO5Si. The number of rotatable bonds is 12. The minimum Gasteiger partial charge on any atom is -0.469 e. The smallest absolute Gasteiger partial charge is 0.312 e. The van der Waals surface area contributed by atoms with Crippen molar-refractivity contribution in [3.05, 3.63) is 130 Å². The summed E-state index contributed by atoms with van der Waals surface area (Å²) in [6, 6.07) is 35.7. The normalized spacial score (nSPS) is 22.2. The number of benzene rings is 4. The van der Waals surface area contributed by atoms with Crippen molar-refractivity contribution in [3.8, 4) is 0 Å². The van der Waals surface area contributed by atoms with Crippen molar-refractivity contribution in [2.45, 2.75) is 70.0 Å². The lowest BCUT2D eigenvalue weighted by molar-refractivity contribution is -0.172. The maximum atomic E-state index is 15.5. The summed E-state index contributed by atoms with van der Waals surface area (Å²) >= 11 is 13.1. The Bertz CT molecular complexity index is 1810. The Hall–Kier alpha value is -3.46. The van der Waals surface area contributed by atoms with Gasteiger partial charge in [0, 0.05) is 16.0 Å². The van der Waals surface area contributed by atoms with Crippen LogP contribution in [-0.2, 0) is 18.8 Å². The molecule has 9 heteroatoms. The highest BCUT2D eigenvalue weighted by molar-refractivity contribution is 6.99. The van der Waals surface area contributed by atoms with Gasteiger partial charge in [-0.2, -0.15) is 0 Å². The van der Waals surface area contributed by atoms with Gasteiger partial charge >= 0.3 is 5.97 Å². The molecule has 6 nitrogen and oxygen atoms in total. The van der Waals surface area contributed by atoms with E-state index in [1.165, 1.54) is 7.11 Å². The third kappa shape index (κ3) is 7.23. The molecule has 5 atom stereocenters. The van der Waals surface area contributed by atoms with Gasteiger partial charge in [0.1, 0.15) is 0 Å². The molecule has 2 fully saturated rings. The summed E-state index contributed by atoms with van der Waals surface area (Å²) in [5.41, 5.74) is 0.585. The van der Waals surface area contributed by atoms with E-state index in [0.717, 1.165) is 34.3 Å². The Labute approximate surface area is 319 Å². The lowest BCUT2D eigenvalue weighted by atomic mass is 9.63. The Balaban J connectivity index is 1.55. The summed E-state index contributed by atoms with van der Waals surface area (Å²) in [6.45, 7) is 8.34. The van der Waals surface area contributed by atoms with Crippen molar-refractivity contribution in [1.82, 2.24) is 4.90 Å². The first-order valence-corrected chi connectivity index (χ1v) is 20.8. The van der Waals surface area contributed by atoms with Crippen LogP contribution in [0.5, 0.6) is 0 Å². The first-order chi connectivity index (χ1) is 24.9. The van der Waals surface area contributed by atoms with Crippen molar-refractivity contribution in [1.29, 1.82) is 0 Å². The molecule has 1 aliphatic carbocycles. The lowest BCUT2D eigenvalue weighted by Gasteiger charge is -2.54. The number of hydrogen-bond donors (Lipinski definition) is 1. The van der Waals surface area contributed by atoms with Gasteiger partial charge in [-0.05, 0) is 82.9 Å². The van der Waals surface area contributed by atoms with Gasteiger partial charge in [-0.1, -0.05) is 129 Å². The van der Waals surface area contributed by atoms with Crippen LogP contribution < -0.4 is 10.4 Å². The van der Waals surface area contributed by atoms with Gasteiger partial charge in [0.25, 0.3) is 8.32 Å². The van der Waals surface area contributed by atoms with Gasteiger partial charge in [-0.15, -0.1) is 0 Å². The monoisotopic (exact) mass is 757 g/mol. The van der Waals surface area contributed by atoms with Crippen LogP contribution in [0.3, 0.4) is 0 Å². The number of nitrogens with zero attached hydrogens (tertiary/aromatic N) is 1. The summed E-state index contributed by atoms with van der Waals surface area (Å²) < 4.78 is 12.8. The largest absolute Gasteiger partial charge is 0.469 e. The molecule has 2 aliphatic rings. The van der Waals surface area contributed by atoms with Crippen LogP contribution >= 0.6 is 23.2 Å². The zero-order valence-corrected chi connectivity index (χ0v) is 33.1. The molecule has 5 unspecified atom stereocenters. The van der Waals surface area contributed by atoms with Crippen LogP contribution in [0.1, 0.15) is 70.0 Å². The van der Waals surface area contributed by atoms with Crippen LogP contribution in [0, 0.1) is 17.3 Å². The summed E-state index contributed by atoms with van der Waals surface area (Å²) in [7, 11) is -1.69. The average molecular weight is 759 g/mol. The number of halogens is 2. The van der Waals surface area contributed by atoms with Crippen molar-refractivity contribution in [2.24, 2.45) is 17.3 Å². The first-order valence-electron chi connectivity index (χ1n) is 18.1. The first kappa shape index (κ1) is 38.3. The van der Waals surface area contributed by atoms with Crippen molar-refractivity contribution in [2.75, 3.05) is 20.3 Å². The molecule has 1 N–H and O–H groups in total. The molecule has 4 aromatic rings. The third-order valence-electron chi connectivity index (χ3n) is 11.4. The van der Waals surface area contributed by atoms with E-state index in [4.69, 9.17) is 32.4 Å². The van der Waals surface area contributed by atoms with E-state index in [1.54, 1.807) is 0 Å². The summed E-state index contributed by atoms with van der Waals surface area (Å²) in [6.07, 6.45) is 2.19. The second-order valence-electron chi connectivity index (χ2n) is 15.6. The molecular weight excluding hydrogens is 709 g/mol. The quantitative estimate of drug-likeness (QED) is 0.117. The predicted molar refractivity (Wildman–Crippen MR) is 211 cm³/mol. The number of ether oxygens (including phenoxy) is 1. The zero-order valence-electron chi connectivity index (χ0n) is 30.6. The second kappa shape index (κ2) is 15.5. The summed E-state index contributed by atoms with van der Waals surface area (Å²) in [5, 5.41) is 14.0. The fourth-order valence-electron chi connectivity index (χ4n) is 8.58. The van der Waals surface area contributed by atoms with Crippen LogP contribution in [0.25, 0.3) is 0 Å². The molecule has 4 aromatic carbocycles. The molecule has 274 valence electrons. The maximum Gasteiger partial charge on any atom is 0.312 e. The minimum atomic E-state index is -2.99. The molecule has 1 saturated heterocycles. The number of aliphatic hydroxyl groups excluding tert-OH is 1. The fourth-order valence-corrected chi connectivity index (χ4v) is 13.5.